The predicted molar refractivity (Wildman–Crippen MR) is 114 cm³/mol. The van der Waals surface area contributed by atoms with Crippen LogP contribution in [0, 0.1) is 0 Å². The molecule has 0 aliphatic heterocycles. The van der Waals surface area contributed by atoms with Gasteiger partial charge in [0.15, 0.2) is 0 Å². The third-order valence-electron chi connectivity index (χ3n) is 4.35. The molecule has 0 fully saturated rings. The fourth-order valence-electron chi connectivity index (χ4n) is 3.02. The number of aromatic nitrogens is 1. The minimum Gasteiger partial charge on any atom is -0.406 e. The zero-order chi connectivity index (χ0) is 21.9. The van der Waals surface area contributed by atoms with Gasteiger partial charge in [-0.1, -0.05) is 60.1 Å². The number of ether oxygens (including phenoxy) is 1. The van der Waals surface area contributed by atoms with Crippen LogP contribution in [0.3, 0.4) is 0 Å². The van der Waals surface area contributed by atoms with E-state index in [2.05, 4.69) is 10.1 Å². The molecule has 3 aromatic rings. The van der Waals surface area contributed by atoms with Gasteiger partial charge in [0.2, 0.25) is 0 Å². The van der Waals surface area contributed by atoms with Crippen molar-refractivity contribution < 1.29 is 17.9 Å². The number of benzene rings is 2. The lowest BCUT2D eigenvalue weighted by Gasteiger charge is -2.18. The Kier molecular flexibility index (Phi) is 6.26. The zero-order valence-electron chi connectivity index (χ0n) is 16.9. The maximum atomic E-state index is 13.0. The second-order valence-corrected chi connectivity index (χ2v) is 8.72. The Morgan fingerprint density at radius 3 is 2.27 bits per heavy atom. The predicted octanol–water partition coefficient (Wildman–Crippen LogP) is 5.89. The molecule has 4 nitrogen and oxygen atoms in total. The van der Waals surface area contributed by atoms with Crippen LogP contribution in [0.25, 0.3) is 10.4 Å². The smallest absolute Gasteiger partial charge is 0.406 e. The number of hydrogen-bond donors (Lipinski definition) is 1. The molecule has 0 spiro atoms. The van der Waals surface area contributed by atoms with E-state index in [1.807, 2.05) is 51.1 Å². The first-order valence-corrected chi connectivity index (χ1v) is 10.2. The Bertz CT molecular complexity index is 1050. The van der Waals surface area contributed by atoms with E-state index >= 15 is 0 Å². The minimum absolute atomic E-state index is 0.147. The lowest BCUT2D eigenvalue weighted by molar-refractivity contribution is -0.274. The van der Waals surface area contributed by atoms with Crippen molar-refractivity contribution in [1.82, 2.24) is 3.96 Å². The van der Waals surface area contributed by atoms with Gasteiger partial charge in [-0.2, -0.15) is 0 Å². The quantitative estimate of drug-likeness (QED) is 0.524. The molecule has 0 saturated heterocycles. The van der Waals surface area contributed by atoms with Crippen molar-refractivity contribution in [3.8, 4) is 16.2 Å². The van der Waals surface area contributed by atoms with Gasteiger partial charge in [-0.05, 0) is 44.4 Å². The molecule has 160 valence electrons. The van der Waals surface area contributed by atoms with E-state index in [4.69, 9.17) is 0 Å². The lowest BCUT2D eigenvalue weighted by atomic mass is 10.1. The standard InChI is InChI=1S/C22H23F3N2O2S/c1-21(2,3)27-20(28)18(19(30-27)16-10-5-4-6-11-16)26-14-13-15-9-7-8-12-17(15)29-22(23,24)25/h4-12,26H,13-14H2,1-3H3. The number of hydrogen-bond acceptors (Lipinski definition) is 4. The van der Waals surface area contributed by atoms with Gasteiger partial charge in [0.05, 0.1) is 10.4 Å². The molecular formula is C22H23F3N2O2S. The number of nitrogens with zero attached hydrogens (tertiary/aromatic N) is 1. The van der Waals surface area contributed by atoms with Gasteiger partial charge in [0, 0.05) is 6.54 Å². The summed E-state index contributed by atoms with van der Waals surface area (Å²) in [4.78, 5) is 13.8. The fraction of sp³-hybridized carbons (Fsp3) is 0.318. The van der Waals surface area contributed by atoms with E-state index in [0.29, 0.717) is 11.3 Å². The highest BCUT2D eigenvalue weighted by atomic mass is 32.1. The molecule has 1 N–H and O–H groups in total. The van der Waals surface area contributed by atoms with Gasteiger partial charge in [0.1, 0.15) is 11.4 Å². The fourth-order valence-corrected chi connectivity index (χ4v) is 4.14. The molecule has 8 heteroatoms. The molecular weight excluding hydrogens is 413 g/mol. The number of anilines is 1. The SMILES string of the molecule is CC(C)(C)n1sc(-c2ccccc2)c(NCCc2ccccc2OC(F)(F)F)c1=O. The average molecular weight is 436 g/mol. The van der Waals surface area contributed by atoms with Crippen molar-refractivity contribution in [1.29, 1.82) is 0 Å². The summed E-state index contributed by atoms with van der Waals surface area (Å²) in [5, 5.41) is 3.15. The molecule has 30 heavy (non-hydrogen) atoms. The molecule has 1 heterocycles. The van der Waals surface area contributed by atoms with Crippen molar-refractivity contribution in [2.45, 2.75) is 39.1 Å². The summed E-state index contributed by atoms with van der Waals surface area (Å²) in [6.45, 7) is 6.14. The molecule has 2 aromatic carbocycles. The van der Waals surface area contributed by atoms with Crippen LogP contribution in [0.15, 0.2) is 59.4 Å². The third-order valence-corrected chi connectivity index (χ3v) is 5.87. The Morgan fingerprint density at radius 2 is 1.63 bits per heavy atom. The van der Waals surface area contributed by atoms with E-state index in [1.54, 1.807) is 16.1 Å². The first-order valence-electron chi connectivity index (χ1n) is 9.46. The van der Waals surface area contributed by atoms with Crippen molar-refractivity contribution in [3.63, 3.8) is 0 Å². The van der Waals surface area contributed by atoms with Crippen LogP contribution in [0.4, 0.5) is 18.9 Å². The van der Waals surface area contributed by atoms with Crippen LogP contribution in [-0.2, 0) is 12.0 Å². The van der Waals surface area contributed by atoms with E-state index in [1.165, 1.54) is 23.7 Å². The second kappa shape index (κ2) is 8.55. The van der Waals surface area contributed by atoms with Gasteiger partial charge in [-0.15, -0.1) is 13.2 Å². The number of rotatable bonds is 6. The van der Waals surface area contributed by atoms with E-state index in [-0.39, 0.29) is 24.3 Å². The van der Waals surface area contributed by atoms with Crippen LogP contribution in [0.1, 0.15) is 26.3 Å². The summed E-state index contributed by atoms with van der Waals surface area (Å²) in [5.74, 6) is -0.229. The molecule has 0 aliphatic rings. The highest BCUT2D eigenvalue weighted by Gasteiger charge is 2.32. The Hall–Kier alpha value is -2.74. The van der Waals surface area contributed by atoms with Crippen LogP contribution in [0.2, 0.25) is 0 Å². The van der Waals surface area contributed by atoms with Gasteiger partial charge in [0.25, 0.3) is 5.56 Å². The zero-order valence-corrected chi connectivity index (χ0v) is 17.7. The van der Waals surface area contributed by atoms with Crippen LogP contribution in [-0.4, -0.2) is 16.9 Å². The highest BCUT2D eigenvalue weighted by molar-refractivity contribution is 7.11. The summed E-state index contributed by atoms with van der Waals surface area (Å²) in [6, 6.07) is 15.6. The average Bonchev–Trinajstić information content (AvgIpc) is 3.00. The summed E-state index contributed by atoms with van der Waals surface area (Å²) in [6.07, 6.45) is -4.48. The summed E-state index contributed by atoms with van der Waals surface area (Å²) in [5.41, 5.74) is 1.24. The van der Waals surface area contributed by atoms with Crippen LogP contribution in [0.5, 0.6) is 5.75 Å². The Balaban J connectivity index is 1.86. The van der Waals surface area contributed by atoms with E-state index in [0.717, 1.165) is 10.4 Å². The van der Waals surface area contributed by atoms with Gasteiger partial charge >= 0.3 is 6.36 Å². The molecule has 1 aromatic heterocycles. The lowest BCUT2D eigenvalue weighted by Crippen LogP contribution is -2.30. The maximum Gasteiger partial charge on any atom is 0.573 e. The molecule has 3 rings (SSSR count). The minimum atomic E-state index is -4.75. The monoisotopic (exact) mass is 436 g/mol. The number of halogens is 3. The highest BCUT2D eigenvalue weighted by Crippen LogP contribution is 2.33. The first-order chi connectivity index (χ1) is 14.1. The Morgan fingerprint density at radius 1 is 1.00 bits per heavy atom. The van der Waals surface area contributed by atoms with Gasteiger partial charge in [-0.3, -0.25) is 8.75 Å². The summed E-state index contributed by atoms with van der Waals surface area (Å²) in [7, 11) is 0. The van der Waals surface area contributed by atoms with Crippen molar-refractivity contribution >= 4 is 17.2 Å². The first kappa shape index (κ1) is 22.0. The van der Waals surface area contributed by atoms with Gasteiger partial charge < -0.3 is 10.1 Å². The molecule has 0 unspecified atom stereocenters. The van der Waals surface area contributed by atoms with Crippen molar-refractivity contribution in [3.05, 3.63) is 70.5 Å². The topological polar surface area (TPSA) is 43.3 Å². The number of nitrogens with one attached hydrogen (secondary N) is 1. The molecule has 0 radical (unpaired) electrons. The van der Waals surface area contributed by atoms with Crippen molar-refractivity contribution in [2.24, 2.45) is 0 Å². The van der Waals surface area contributed by atoms with E-state index < -0.39 is 11.9 Å². The molecule has 0 saturated carbocycles. The summed E-state index contributed by atoms with van der Waals surface area (Å²) < 4.78 is 43.7. The second-order valence-electron chi connectivity index (χ2n) is 7.76. The van der Waals surface area contributed by atoms with Crippen molar-refractivity contribution in [2.75, 3.05) is 11.9 Å². The van der Waals surface area contributed by atoms with Crippen LogP contribution < -0.4 is 15.6 Å². The molecule has 0 aliphatic carbocycles. The maximum absolute atomic E-state index is 13.0. The Labute approximate surface area is 177 Å². The third kappa shape index (κ3) is 5.24. The van der Waals surface area contributed by atoms with E-state index in [9.17, 15) is 18.0 Å². The summed E-state index contributed by atoms with van der Waals surface area (Å²) >= 11 is 1.37. The molecule has 0 bridgehead atoms. The van der Waals surface area contributed by atoms with Crippen LogP contribution >= 0.6 is 11.5 Å². The molecule has 0 amide bonds. The number of para-hydroxylation sites is 1. The normalized spacial score (nSPS) is 12.1. The largest absolute Gasteiger partial charge is 0.573 e. The number of alkyl halides is 3. The van der Waals surface area contributed by atoms with Gasteiger partial charge in [-0.25, -0.2) is 0 Å². The molecule has 0 atom stereocenters.